The van der Waals surface area contributed by atoms with Crippen molar-refractivity contribution in [1.82, 2.24) is 0 Å². The zero-order valence-corrected chi connectivity index (χ0v) is 11.6. The lowest BCUT2D eigenvalue weighted by Gasteiger charge is -2.44. The standard InChI is InChI=1S/C13H24O4/c1-11(2,3)8-13(10(16)17,7-9(14)15)12(4,5)6/h7-8H2,1-6H3,(H,14,15)(H,16,17). The molecule has 0 rings (SSSR count). The first-order valence-corrected chi connectivity index (χ1v) is 5.77. The Morgan fingerprint density at radius 2 is 1.35 bits per heavy atom. The summed E-state index contributed by atoms with van der Waals surface area (Å²) in [4.78, 5) is 22.6. The highest BCUT2D eigenvalue weighted by molar-refractivity contribution is 5.82. The van der Waals surface area contributed by atoms with Crippen LogP contribution < -0.4 is 0 Å². The van der Waals surface area contributed by atoms with Gasteiger partial charge in [0.15, 0.2) is 0 Å². The maximum absolute atomic E-state index is 11.6. The Balaban J connectivity index is 5.58. The van der Waals surface area contributed by atoms with E-state index in [1.54, 1.807) is 20.8 Å². The van der Waals surface area contributed by atoms with Gasteiger partial charge in [0, 0.05) is 0 Å². The van der Waals surface area contributed by atoms with Gasteiger partial charge in [0.1, 0.15) is 0 Å². The van der Waals surface area contributed by atoms with Crippen LogP contribution in [0, 0.1) is 16.2 Å². The number of hydrogen-bond acceptors (Lipinski definition) is 2. The number of hydrogen-bond donors (Lipinski definition) is 2. The van der Waals surface area contributed by atoms with E-state index in [2.05, 4.69) is 0 Å². The smallest absolute Gasteiger partial charge is 0.310 e. The summed E-state index contributed by atoms with van der Waals surface area (Å²) in [5.41, 5.74) is -2.08. The van der Waals surface area contributed by atoms with Crippen LogP contribution in [0.3, 0.4) is 0 Å². The largest absolute Gasteiger partial charge is 0.481 e. The van der Waals surface area contributed by atoms with E-state index < -0.39 is 22.8 Å². The van der Waals surface area contributed by atoms with Crippen LogP contribution >= 0.6 is 0 Å². The Hall–Kier alpha value is -1.06. The van der Waals surface area contributed by atoms with Crippen LogP contribution in [0.2, 0.25) is 0 Å². The molecule has 4 heteroatoms. The Bertz CT molecular complexity index is 306. The molecule has 0 fully saturated rings. The van der Waals surface area contributed by atoms with Gasteiger partial charge in [-0.2, -0.15) is 0 Å². The van der Waals surface area contributed by atoms with Crippen LogP contribution in [-0.2, 0) is 9.59 Å². The minimum atomic E-state index is -1.24. The molecule has 0 aromatic carbocycles. The SMILES string of the molecule is CC(C)(C)CC(CC(=O)O)(C(=O)O)C(C)(C)C. The first-order chi connectivity index (χ1) is 7.32. The number of carboxylic acid groups (broad SMARTS) is 2. The molecule has 2 N–H and O–H groups in total. The number of aliphatic carboxylic acids is 2. The minimum absolute atomic E-state index is 0.235. The summed E-state index contributed by atoms with van der Waals surface area (Å²) in [5, 5.41) is 18.5. The molecule has 1 atom stereocenters. The van der Waals surface area contributed by atoms with Crippen molar-refractivity contribution in [2.75, 3.05) is 0 Å². The molecule has 0 radical (unpaired) electrons. The zero-order valence-electron chi connectivity index (χ0n) is 11.6. The molecule has 100 valence electrons. The average Bonchev–Trinajstić information content (AvgIpc) is 1.96. The molecule has 0 bridgehead atoms. The van der Waals surface area contributed by atoms with E-state index in [4.69, 9.17) is 5.11 Å². The van der Waals surface area contributed by atoms with Crippen LogP contribution in [0.4, 0.5) is 0 Å². The molecule has 1 unspecified atom stereocenters. The van der Waals surface area contributed by atoms with Crippen molar-refractivity contribution in [2.24, 2.45) is 16.2 Å². The van der Waals surface area contributed by atoms with Gasteiger partial charge in [0.05, 0.1) is 11.8 Å². The highest BCUT2D eigenvalue weighted by Gasteiger charge is 2.51. The van der Waals surface area contributed by atoms with E-state index in [9.17, 15) is 14.7 Å². The van der Waals surface area contributed by atoms with Crippen LogP contribution in [0.1, 0.15) is 54.4 Å². The minimum Gasteiger partial charge on any atom is -0.481 e. The lowest BCUT2D eigenvalue weighted by Crippen LogP contribution is -2.47. The van der Waals surface area contributed by atoms with Gasteiger partial charge in [-0.05, 0) is 17.3 Å². The Kier molecular flexibility index (Phi) is 4.38. The van der Waals surface area contributed by atoms with Gasteiger partial charge in [-0.15, -0.1) is 0 Å². The Morgan fingerprint density at radius 1 is 0.941 bits per heavy atom. The third kappa shape index (κ3) is 4.02. The molecule has 0 aliphatic heterocycles. The summed E-state index contributed by atoms with van der Waals surface area (Å²) in [7, 11) is 0. The average molecular weight is 244 g/mol. The molecule has 17 heavy (non-hydrogen) atoms. The van der Waals surface area contributed by atoms with Crippen LogP contribution in [0.25, 0.3) is 0 Å². The predicted molar refractivity (Wildman–Crippen MR) is 65.8 cm³/mol. The molecule has 0 spiro atoms. The second-order valence-corrected chi connectivity index (χ2v) is 6.95. The topological polar surface area (TPSA) is 74.6 Å². The number of rotatable bonds is 4. The lowest BCUT2D eigenvalue weighted by molar-refractivity contribution is -0.166. The summed E-state index contributed by atoms with van der Waals surface area (Å²) < 4.78 is 0. The van der Waals surface area contributed by atoms with E-state index in [0.29, 0.717) is 6.42 Å². The molecule has 0 saturated carbocycles. The Morgan fingerprint density at radius 3 is 1.53 bits per heavy atom. The van der Waals surface area contributed by atoms with Crippen LogP contribution in [0.5, 0.6) is 0 Å². The van der Waals surface area contributed by atoms with Crippen molar-refractivity contribution < 1.29 is 19.8 Å². The monoisotopic (exact) mass is 244 g/mol. The van der Waals surface area contributed by atoms with Gasteiger partial charge in [-0.1, -0.05) is 41.5 Å². The third-order valence-electron chi connectivity index (χ3n) is 3.13. The second-order valence-electron chi connectivity index (χ2n) is 6.95. The molecular formula is C13H24O4. The summed E-state index contributed by atoms with van der Waals surface area (Å²) in [5.74, 6) is -2.09. The van der Waals surface area contributed by atoms with Crippen molar-refractivity contribution in [3.8, 4) is 0 Å². The van der Waals surface area contributed by atoms with E-state index in [0.717, 1.165) is 0 Å². The zero-order chi connectivity index (χ0) is 14.1. The maximum Gasteiger partial charge on any atom is 0.310 e. The van der Waals surface area contributed by atoms with Crippen molar-refractivity contribution in [3.63, 3.8) is 0 Å². The summed E-state index contributed by atoms with van der Waals surface area (Å²) in [6.07, 6.45) is -0.00572. The summed E-state index contributed by atoms with van der Waals surface area (Å²) in [6.45, 7) is 11.1. The third-order valence-corrected chi connectivity index (χ3v) is 3.13. The molecule has 0 aromatic heterocycles. The van der Waals surface area contributed by atoms with E-state index >= 15 is 0 Å². The number of carboxylic acids is 2. The van der Waals surface area contributed by atoms with E-state index in [-0.39, 0.29) is 11.8 Å². The first-order valence-electron chi connectivity index (χ1n) is 5.77. The van der Waals surface area contributed by atoms with Gasteiger partial charge in [0.25, 0.3) is 0 Å². The van der Waals surface area contributed by atoms with E-state index in [1.165, 1.54) is 0 Å². The molecule has 0 aliphatic rings. The number of carbonyl (C=O) groups is 2. The molecule has 4 nitrogen and oxygen atoms in total. The normalized spacial score (nSPS) is 16.4. The highest BCUT2D eigenvalue weighted by Crippen LogP contribution is 2.49. The van der Waals surface area contributed by atoms with Crippen LogP contribution in [0.15, 0.2) is 0 Å². The second kappa shape index (κ2) is 4.67. The molecule has 0 saturated heterocycles. The van der Waals surface area contributed by atoms with Gasteiger partial charge in [-0.25, -0.2) is 0 Å². The van der Waals surface area contributed by atoms with Gasteiger partial charge in [0.2, 0.25) is 0 Å². The van der Waals surface area contributed by atoms with Crippen molar-refractivity contribution >= 4 is 11.9 Å². The molecule has 0 aromatic rings. The van der Waals surface area contributed by atoms with Crippen molar-refractivity contribution in [2.45, 2.75) is 54.4 Å². The van der Waals surface area contributed by atoms with Crippen LogP contribution in [-0.4, -0.2) is 22.2 Å². The van der Waals surface area contributed by atoms with Gasteiger partial charge < -0.3 is 10.2 Å². The maximum atomic E-state index is 11.6. The fourth-order valence-electron chi connectivity index (χ4n) is 2.23. The summed E-state index contributed by atoms with van der Waals surface area (Å²) in [6, 6.07) is 0. The van der Waals surface area contributed by atoms with Crippen molar-refractivity contribution in [3.05, 3.63) is 0 Å². The summed E-state index contributed by atoms with van der Waals surface area (Å²) >= 11 is 0. The predicted octanol–water partition coefficient (Wildman–Crippen LogP) is 3.01. The molecule has 0 amide bonds. The first kappa shape index (κ1) is 15.9. The molecule has 0 heterocycles. The highest BCUT2D eigenvalue weighted by atomic mass is 16.4. The quantitative estimate of drug-likeness (QED) is 0.797. The fourth-order valence-corrected chi connectivity index (χ4v) is 2.23. The van der Waals surface area contributed by atoms with Gasteiger partial charge >= 0.3 is 11.9 Å². The van der Waals surface area contributed by atoms with Gasteiger partial charge in [-0.3, -0.25) is 9.59 Å². The molecular weight excluding hydrogens is 220 g/mol. The lowest BCUT2D eigenvalue weighted by atomic mass is 9.58. The molecule has 0 aliphatic carbocycles. The fraction of sp³-hybridized carbons (Fsp3) is 0.846. The van der Waals surface area contributed by atoms with Crippen molar-refractivity contribution in [1.29, 1.82) is 0 Å². The van der Waals surface area contributed by atoms with E-state index in [1.807, 2.05) is 20.8 Å². The Labute approximate surface area is 103 Å².